The summed E-state index contributed by atoms with van der Waals surface area (Å²) in [5.74, 6) is -0.572. The molecular weight excluding hydrogens is 254 g/mol. The van der Waals surface area contributed by atoms with Crippen LogP contribution in [0.3, 0.4) is 0 Å². The number of nitrogens with zero attached hydrogens (tertiary/aromatic N) is 2. The molecule has 1 aromatic heterocycles. The van der Waals surface area contributed by atoms with Gasteiger partial charge in [0.25, 0.3) is 17.3 Å². The van der Waals surface area contributed by atoms with Crippen LogP contribution in [0.15, 0.2) is 28.9 Å². The van der Waals surface area contributed by atoms with Crippen LogP contribution < -0.4 is 15.4 Å². The van der Waals surface area contributed by atoms with Crippen molar-refractivity contribution in [3.63, 3.8) is 0 Å². The van der Waals surface area contributed by atoms with Gasteiger partial charge in [0.15, 0.2) is 6.61 Å². The molecular formula is C11H9N3O5. The molecule has 2 aromatic rings. The summed E-state index contributed by atoms with van der Waals surface area (Å²) >= 11 is 0. The van der Waals surface area contributed by atoms with Crippen LogP contribution in [-0.2, 0) is 6.61 Å². The zero-order valence-electron chi connectivity index (χ0n) is 9.61. The predicted molar refractivity (Wildman–Crippen MR) is 60.1 cm³/mol. The van der Waals surface area contributed by atoms with Gasteiger partial charge in [-0.3, -0.25) is 14.2 Å². The van der Waals surface area contributed by atoms with E-state index in [2.05, 4.69) is 9.79 Å². The van der Waals surface area contributed by atoms with Crippen LogP contribution in [0.4, 0.5) is 0 Å². The van der Waals surface area contributed by atoms with Crippen molar-refractivity contribution in [2.24, 2.45) is 5.73 Å². The van der Waals surface area contributed by atoms with Gasteiger partial charge in [-0.05, 0) is 17.0 Å². The maximum Gasteiger partial charge on any atom is 0.297 e. The summed E-state index contributed by atoms with van der Waals surface area (Å²) in [7, 11) is 0. The molecule has 8 heteroatoms. The lowest BCUT2D eigenvalue weighted by molar-refractivity contribution is -0.803. The molecule has 2 rings (SSSR count). The number of primary amides is 1. The number of hydrogen-bond acceptors (Lipinski definition) is 6. The van der Waals surface area contributed by atoms with Crippen LogP contribution in [0, 0.1) is 5.21 Å². The van der Waals surface area contributed by atoms with Crippen molar-refractivity contribution in [2.45, 2.75) is 6.61 Å². The van der Waals surface area contributed by atoms with Crippen molar-refractivity contribution in [1.29, 1.82) is 0 Å². The predicted octanol–water partition coefficient (Wildman–Crippen LogP) is -0.202. The Labute approximate surface area is 106 Å². The number of hydrogen-bond donors (Lipinski definition) is 1. The topological polar surface area (TPSA) is 122 Å². The highest BCUT2D eigenvalue weighted by Crippen LogP contribution is 2.14. The molecule has 1 heterocycles. The molecule has 1 amide bonds. The second-order valence-corrected chi connectivity index (χ2v) is 3.57. The lowest BCUT2D eigenvalue weighted by Gasteiger charge is -2.02. The van der Waals surface area contributed by atoms with Crippen molar-refractivity contribution in [3.05, 3.63) is 46.4 Å². The van der Waals surface area contributed by atoms with Crippen LogP contribution in [-0.4, -0.2) is 17.4 Å². The molecule has 0 radical (unpaired) electrons. The minimum Gasteiger partial charge on any atom is -0.485 e. The van der Waals surface area contributed by atoms with Crippen molar-refractivity contribution in [2.75, 3.05) is 0 Å². The molecule has 1 aromatic carbocycles. The highest BCUT2D eigenvalue weighted by Gasteiger charge is 2.24. The third kappa shape index (κ3) is 2.68. The van der Waals surface area contributed by atoms with Gasteiger partial charge in [0.05, 0.1) is 0 Å². The van der Waals surface area contributed by atoms with Gasteiger partial charge in [-0.1, -0.05) is 12.1 Å². The maximum absolute atomic E-state index is 11.1. The van der Waals surface area contributed by atoms with Gasteiger partial charge in [-0.25, -0.2) is 0 Å². The van der Waals surface area contributed by atoms with Crippen LogP contribution >= 0.6 is 0 Å². The Morgan fingerprint density at radius 3 is 3.05 bits per heavy atom. The zero-order chi connectivity index (χ0) is 13.8. The van der Waals surface area contributed by atoms with Crippen LogP contribution in [0.25, 0.3) is 0 Å². The summed E-state index contributed by atoms with van der Waals surface area (Å²) in [6.45, 7) is -0.181. The number of amides is 1. The quantitative estimate of drug-likeness (QED) is 0.588. The fraction of sp³-hybridized carbons (Fsp3) is 0.0909. The Bertz CT molecular complexity index is 623. The molecule has 0 aliphatic rings. The Morgan fingerprint density at radius 2 is 2.37 bits per heavy atom. The van der Waals surface area contributed by atoms with Gasteiger partial charge >= 0.3 is 0 Å². The van der Waals surface area contributed by atoms with E-state index < -0.39 is 11.6 Å². The molecule has 0 saturated carbocycles. The molecule has 0 atom stereocenters. The second-order valence-electron chi connectivity index (χ2n) is 3.57. The molecule has 19 heavy (non-hydrogen) atoms. The van der Waals surface area contributed by atoms with Gasteiger partial charge in [0.2, 0.25) is 0 Å². The number of nitrogens with two attached hydrogens (primary N) is 1. The highest BCUT2D eigenvalue weighted by atomic mass is 16.8. The van der Waals surface area contributed by atoms with Crippen molar-refractivity contribution in [1.82, 2.24) is 5.16 Å². The van der Waals surface area contributed by atoms with E-state index in [-0.39, 0.29) is 17.2 Å². The number of rotatable bonds is 5. The summed E-state index contributed by atoms with van der Waals surface area (Å²) in [6, 6.07) is 6.35. The first-order valence-corrected chi connectivity index (χ1v) is 5.18. The largest absolute Gasteiger partial charge is 0.485 e. The second kappa shape index (κ2) is 5.17. The normalized spacial score (nSPS) is 10.1. The van der Waals surface area contributed by atoms with Gasteiger partial charge in [0.1, 0.15) is 12.0 Å². The molecule has 0 fully saturated rings. The van der Waals surface area contributed by atoms with Crippen LogP contribution in [0.2, 0.25) is 0 Å². The molecule has 0 bridgehead atoms. The van der Waals surface area contributed by atoms with Crippen LogP contribution in [0.1, 0.15) is 26.5 Å². The number of carbonyl (C=O) groups excluding carboxylic acids is 2. The summed E-state index contributed by atoms with van der Waals surface area (Å²) in [5.41, 5.74) is 5.02. The Kier molecular flexibility index (Phi) is 3.42. The summed E-state index contributed by atoms with van der Waals surface area (Å²) < 4.78 is 9.56. The van der Waals surface area contributed by atoms with E-state index in [1.165, 1.54) is 6.07 Å². The van der Waals surface area contributed by atoms with Crippen molar-refractivity contribution >= 4 is 12.2 Å². The zero-order valence-corrected chi connectivity index (χ0v) is 9.61. The first-order chi connectivity index (χ1) is 9.11. The number of ether oxygens (including phenoxy) is 1. The molecule has 2 N–H and O–H groups in total. The minimum absolute atomic E-state index is 0.0148. The van der Waals surface area contributed by atoms with E-state index in [4.69, 9.17) is 10.5 Å². The van der Waals surface area contributed by atoms with E-state index in [0.29, 0.717) is 17.6 Å². The SMILES string of the molecule is NC(=O)c1c(COc2cccc(C=O)c2)no[n+]1[O-]. The molecule has 0 unspecified atom stereocenters. The summed E-state index contributed by atoms with van der Waals surface area (Å²) in [5, 5.41) is 14.5. The molecule has 0 saturated heterocycles. The number of benzene rings is 1. The monoisotopic (exact) mass is 263 g/mol. The number of aldehydes is 1. The van der Waals surface area contributed by atoms with Crippen molar-refractivity contribution in [3.8, 4) is 5.75 Å². The first kappa shape index (κ1) is 12.6. The average Bonchev–Trinajstić information content (AvgIpc) is 2.78. The third-order valence-corrected chi connectivity index (χ3v) is 2.28. The maximum atomic E-state index is 11.1. The van der Waals surface area contributed by atoms with Crippen LogP contribution in [0.5, 0.6) is 5.75 Å². The standard InChI is InChI=1S/C11H9N3O5/c12-11(16)10-9(13-19-14(10)17)6-18-8-3-1-2-7(4-8)5-15/h1-5H,6H2,(H2,12,16). The van der Waals surface area contributed by atoms with E-state index in [0.717, 1.165) is 0 Å². The van der Waals surface area contributed by atoms with E-state index in [1.807, 2.05) is 0 Å². The van der Waals surface area contributed by atoms with E-state index in [9.17, 15) is 14.8 Å². The minimum atomic E-state index is -0.962. The third-order valence-electron chi connectivity index (χ3n) is 2.28. The molecule has 0 spiro atoms. The molecule has 98 valence electrons. The fourth-order valence-corrected chi connectivity index (χ4v) is 1.43. The molecule has 8 nitrogen and oxygen atoms in total. The smallest absolute Gasteiger partial charge is 0.297 e. The Balaban J connectivity index is 2.14. The molecule has 0 aliphatic heterocycles. The summed E-state index contributed by atoms with van der Waals surface area (Å²) in [6.07, 6.45) is 0.670. The van der Waals surface area contributed by atoms with E-state index >= 15 is 0 Å². The fourth-order valence-electron chi connectivity index (χ4n) is 1.43. The molecule has 0 aliphatic carbocycles. The van der Waals surface area contributed by atoms with Crippen molar-refractivity contribution < 1.29 is 23.9 Å². The van der Waals surface area contributed by atoms with Gasteiger partial charge < -0.3 is 15.7 Å². The van der Waals surface area contributed by atoms with Gasteiger partial charge in [0, 0.05) is 10.7 Å². The van der Waals surface area contributed by atoms with Gasteiger partial charge in [-0.2, -0.15) is 0 Å². The van der Waals surface area contributed by atoms with E-state index in [1.54, 1.807) is 18.2 Å². The highest BCUT2D eigenvalue weighted by molar-refractivity contribution is 5.90. The van der Waals surface area contributed by atoms with Gasteiger partial charge in [-0.15, -0.1) is 0 Å². The number of aromatic nitrogens is 2. The Hall–Kier alpha value is -2.90. The summed E-state index contributed by atoms with van der Waals surface area (Å²) in [4.78, 5) is 21.5. The first-order valence-electron chi connectivity index (χ1n) is 5.18. The lowest BCUT2D eigenvalue weighted by atomic mass is 10.2. The Morgan fingerprint density at radius 1 is 1.58 bits per heavy atom. The average molecular weight is 263 g/mol. The lowest BCUT2D eigenvalue weighted by Crippen LogP contribution is -2.35. The number of carbonyl (C=O) groups is 2.